The molecule has 2 unspecified atom stereocenters. The largest absolute Gasteiger partial charge is 0.393 e. The maximum Gasteiger partial charge on any atom is 0.196 e. The Morgan fingerprint density at radius 3 is 1.30 bits per heavy atom. The third-order valence-corrected chi connectivity index (χ3v) is 4.62. The van der Waals surface area contributed by atoms with E-state index in [9.17, 15) is 9.50 Å². The predicted octanol–water partition coefficient (Wildman–Crippen LogP) is 6.29. The maximum absolute atomic E-state index is 12.2. The van der Waals surface area contributed by atoms with Crippen LogP contribution in [-0.4, -0.2) is 22.7 Å². The van der Waals surface area contributed by atoms with Crippen LogP contribution in [0.25, 0.3) is 0 Å². The van der Waals surface area contributed by atoms with Crippen LogP contribution >= 0.6 is 0 Å². The van der Waals surface area contributed by atoms with Gasteiger partial charge >= 0.3 is 0 Å². The van der Waals surface area contributed by atoms with Crippen LogP contribution in [0.15, 0.2) is 0 Å². The maximum atomic E-state index is 12.2. The minimum absolute atomic E-state index is 0.0810. The van der Waals surface area contributed by atoms with Crippen LogP contribution in [0.2, 0.25) is 0 Å². The van der Waals surface area contributed by atoms with Gasteiger partial charge in [0.25, 0.3) is 0 Å². The van der Waals surface area contributed by atoms with Crippen molar-refractivity contribution in [3.05, 3.63) is 0 Å². The molecule has 0 aliphatic carbocycles. The number of hydrogen-bond donors (Lipinski definition) is 2. The highest BCUT2D eigenvalue weighted by Crippen LogP contribution is 2.15. The van der Waals surface area contributed by atoms with Gasteiger partial charge in [0.05, 0.1) is 6.10 Å². The second kappa shape index (κ2) is 18.2. The average Bonchev–Trinajstić information content (AvgIpc) is 2.52. The molecule has 0 saturated carbocycles. The van der Waals surface area contributed by atoms with Crippen molar-refractivity contribution in [1.82, 2.24) is 0 Å². The monoisotopic (exact) mass is 332 g/mol. The molecule has 0 radical (unpaired) electrons. The summed E-state index contributed by atoms with van der Waals surface area (Å²) < 4.78 is 12.2. The number of aliphatic hydroxyl groups is 2. The molecule has 0 aliphatic rings. The van der Waals surface area contributed by atoms with Crippen molar-refractivity contribution in [2.45, 2.75) is 129 Å². The third-order valence-electron chi connectivity index (χ3n) is 4.62. The summed E-state index contributed by atoms with van der Waals surface area (Å²) in [7, 11) is 0. The number of halogens is 1. The minimum Gasteiger partial charge on any atom is -0.393 e. The first-order valence-corrected chi connectivity index (χ1v) is 10.2. The summed E-state index contributed by atoms with van der Waals surface area (Å²) in [4.78, 5) is 0. The van der Waals surface area contributed by atoms with Crippen molar-refractivity contribution < 1.29 is 14.6 Å². The van der Waals surface area contributed by atoms with Gasteiger partial charge in [0.15, 0.2) is 6.36 Å². The number of alkyl halides is 1. The van der Waals surface area contributed by atoms with Crippen LogP contribution in [0.4, 0.5) is 4.39 Å². The molecular weight excluding hydrogens is 291 g/mol. The molecule has 140 valence electrons. The van der Waals surface area contributed by atoms with Gasteiger partial charge in [0.1, 0.15) is 0 Å². The van der Waals surface area contributed by atoms with E-state index in [-0.39, 0.29) is 6.10 Å². The molecule has 0 fully saturated rings. The Morgan fingerprint density at radius 2 is 0.913 bits per heavy atom. The normalized spacial score (nSPS) is 14.1. The molecule has 0 spiro atoms. The zero-order chi connectivity index (χ0) is 17.2. The molecule has 0 aromatic carbocycles. The molecular formula is C20H41FO2. The lowest BCUT2D eigenvalue weighted by Gasteiger charge is -2.10. The standard InChI is InChI=1S/C20H41FO2/c1-2-3-4-10-13-16-19(22)17-14-11-8-6-5-7-9-12-15-18-20(21)23/h19-20,22-23H,2-18H2,1H3. The molecule has 0 heterocycles. The Bertz CT molecular complexity index is 222. The topological polar surface area (TPSA) is 40.5 Å². The quantitative estimate of drug-likeness (QED) is 0.290. The van der Waals surface area contributed by atoms with Gasteiger partial charge in [0.2, 0.25) is 0 Å². The molecule has 0 rings (SSSR count). The Balaban J connectivity index is 3.11. The molecule has 0 aliphatic heterocycles. The lowest BCUT2D eigenvalue weighted by molar-refractivity contribution is 0.0323. The van der Waals surface area contributed by atoms with Gasteiger partial charge in [0, 0.05) is 6.42 Å². The smallest absolute Gasteiger partial charge is 0.196 e. The zero-order valence-corrected chi connectivity index (χ0v) is 15.4. The van der Waals surface area contributed by atoms with Crippen molar-refractivity contribution >= 4 is 0 Å². The second-order valence-electron chi connectivity index (χ2n) is 7.05. The van der Waals surface area contributed by atoms with Gasteiger partial charge in [-0.25, -0.2) is 4.39 Å². The molecule has 23 heavy (non-hydrogen) atoms. The Hall–Kier alpha value is -0.150. The average molecular weight is 333 g/mol. The third kappa shape index (κ3) is 19.8. The number of rotatable bonds is 18. The van der Waals surface area contributed by atoms with Crippen LogP contribution in [0, 0.1) is 0 Å². The van der Waals surface area contributed by atoms with Gasteiger partial charge in [-0.1, -0.05) is 90.4 Å². The van der Waals surface area contributed by atoms with E-state index in [1.54, 1.807) is 0 Å². The molecule has 0 aromatic rings. The first-order chi connectivity index (χ1) is 11.2. The van der Waals surface area contributed by atoms with Gasteiger partial charge in [-0.2, -0.15) is 0 Å². The van der Waals surface area contributed by atoms with Gasteiger partial charge in [-0.15, -0.1) is 0 Å². The van der Waals surface area contributed by atoms with E-state index >= 15 is 0 Å². The van der Waals surface area contributed by atoms with Crippen molar-refractivity contribution in [3.63, 3.8) is 0 Å². The van der Waals surface area contributed by atoms with Crippen LogP contribution in [0.3, 0.4) is 0 Å². The lowest BCUT2D eigenvalue weighted by atomic mass is 10.0. The van der Waals surface area contributed by atoms with E-state index in [2.05, 4.69) is 6.92 Å². The highest BCUT2D eigenvalue weighted by molar-refractivity contribution is 4.57. The fourth-order valence-electron chi connectivity index (χ4n) is 3.06. The van der Waals surface area contributed by atoms with Crippen molar-refractivity contribution in [2.24, 2.45) is 0 Å². The van der Waals surface area contributed by atoms with Gasteiger partial charge in [-0.05, 0) is 19.3 Å². The Labute approximate surface area is 143 Å². The van der Waals surface area contributed by atoms with Crippen LogP contribution in [-0.2, 0) is 0 Å². The van der Waals surface area contributed by atoms with Crippen LogP contribution in [0.1, 0.15) is 116 Å². The summed E-state index contributed by atoms with van der Waals surface area (Å²) in [5.74, 6) is 0. The molecule has 0 amide bonds. The Kier molecular flexibility index (Phi) is 18.1. The number of unbranched alkanes of at least 4 members (excludes halogenated alkanes) is 12. The van der Waals surface area contributed by atoms with Crippen molar-refractivity contribution in [3.8, 4) is 0 Å². The summed E-state index contributed by atoms with van der Waals surface area (Å²) in [6.45, 7) is 2.23. The van der Waals surface area contributed by atoms with Gasteiger partial charge < -0.3 is 10.2 Å². The molecule has 2 atom stereocenters. The van der Waals surface area contributed by atoms with Crippen molar-refractivity contribution in [1.29, 1.82) is 0 Å². The highest BCUT2D eigenvalue weighted by atomic mass is 19.1. The summed E-state index contributed by atoms with van der Waals surface area (Å²) >= 11 is 0. The van der Waals surface area contributed by atoms with Crippen LogP contribution in [0.5, 0.6) is 0 Å². The molecule has 0 aromatic heterocycles. The van der Waals surface area contributed by atoms with E-state index in [4.69, 9.17) is 5.11 Å². The fraction of sp³-hybridized carbons (Fsp3) is 1.00. The van der Waals surface area contributed by atoms with E-state index in [0.717, 1.165) is 38.5 Å². The lowest BCUT2D eigenvalue weighted by Crippen LogP contribution is -2.05. The first kappa shape index (κ1) is 22.9. The SMILES string of the molecule is CCCCCCCC(O)CCCCCCCCCCCC(O)F. The number of aliphatic hydroxyl groups excluding tert-OH is 2. The van der Waals surface area contributed by atoms with Gasteiger partial charge in [-0.3, -0.25) is 0 Å². The fourth-order valence-corrected chi connectivity index (χ4v) is 3.06. The molecule has 3 heteroatoms. The minimum atomic E-state index is -1.62. The summed E-state index contributed by atoms with van der Waals surface area (Å²) in [5.41, 5.74) is 0. The molecule has 2 N–H and O–H groups in total. The number of hydrogen-bond acceptors (Lipinski definition) is 2. The van der Waals surface area contributed by atoms with E-state index in [1.807, 2.05) is 0 Å². The van der Waals surface area contributed by atoms with Crippen molar-refractivity contribution in [2.75, 3.05) is 0 Å². The summed E-state index contributed by atoms with van der Waals surface area (Å²) in [6.07, 6.45) is 17.3. The summed E-state index contributed by atoms with van der Waals surface area (Å²) in [6, 6.07) is 0. The predicted molar refractivity (Wildman–Crippen MR) is 97.3 cm³/mol. The van der Waals surface area contributed by atoms with E-state index in [0.29, 0.717) is 6.42 Å². The highest BCUT2D eigenvalue weighted by Gasteiger charge is 2.03. The Morgan fingerprint density at radius 1 is 0.565 bits per heavy atom. The molecule has 0 saturated heterocycles. The van der Waals surface area contributed by atoms with E-state index in [1.165, 1.54) is 64.2 Å². The molecule has 0 bridgehead atoms. The van der Waals surface area contributed by atoms with Crippen LogP contribution < -0.4 is 0 Å². The zero-order valence-electron chi connectivity index (χ0n) is 15.4. The second-order valence-corrected chi connectivity index (χ2v) is 7.05. The summed E-state index contributed by atoms with van der Waals surface area (Å²) in [5, 5.41) is 18.4. The van der Waals surface area contributed by atoms with E-state index < -0.39 is 6.36 Å². The first-order valence-electron chi connectivity index (χ1n) is 10.2. The molecule has 2 nitrogen and oxygen atoms in total.